The predicted octanol–water partition coefficient (Wildman–Crippen LogP) is 2.56. The van der Waals surface area contributed by atoms with E-state index in [1.165, 1.54) is 25.7 Å². The minimum atomic E-state index is -1.14. The first-order valence-corrected chi connectivity index (χ1v) is 6.29. The van der Waals surface area contributed by atoms with Gasteiger partial charge in [0.15, 0.2) is 6.29 Å². The van der Waals surface area contributed by atoms with Crippen molar-refractivity contribution in [3.63, 3.8) is 0 Å². The van der Waals surface area contributed by atoms with Crippen LogP contribution < -0.4 is 0 Å². The number of unbranched alkanes of at least 4 members (excludes halogenated alkanes) is 3. The number of aliphatic hydroxyl groups is 2. The Labute approximate surface area is 111 Å². The van der Waals surface area contributed by atoms with Gasteiger partial charge in [-0.1, -0.05) is 33.1 Å². The van der Waals surface area contributed by atoms with Gasteiger partial charge >= 0.3 is 0 Å². The van der Waals surface area contributed by atoms with Gasteiger partial charge in [-0.15, -0.1) is 17.0 Å². The zero-order valence-corrected chi connectivity index (χ0v) is 12.4. The minimum absolute atomic E-state index is 0. The van der Waals surface area contributed by atoms with E-state index in [2.05, 4.69) is 18.7 Å². The van der Waals surface area contributed by atoms with Crippen LogP contribution in [0.3, 0.4) is 0 Å². The minimum Gasteiger partial charge on any atom is -0.368 e. The van der Waals surface area contributed by atoms with E-state index in [0.29, 0.717) is 6.42 Å². The number of halogens is 1. The monoisotopic (exact) mass is 297 g/mol. The molecule has 16 heavy (non-hydrogen) atoms. The molecule has 0 amide bonds. The summed E-state index contributed by atoms with van der Waals surface area (Å²) >= 11 is 0. The number of hydrogen-bond acceptors (Lipinski definition) is 3. The third kappa shape index (κ3) is 12.4. The molecule has 0 aliphatic heterocycles. The molecule has 3 nitrogen and oxygen atoms in total. The first-order chi connectivity index (χ1) is 7.20. The second-order valence-electron chi connectivity index (χ2n) is 4.12. The van der Waals surface area contributed by atoms with Crippen LogP contribution in [0.25, 0.3) is 0 Å². The lowest BCUT2D eigenvalue weighted by Crippen LogP contribution is -2.26. The summed E-state index contributed by atoms with van der Waals surface area (Å²) < 4.78 is 0. The molecule has 0 radical (unpaired) electrons. The average molecular weight is 298 g/mol. The van der Waals surface area contributed by atoms with Crippen LogP contribution >= 0.6 is 17.0 Å². The highest BCUT2D eigenvalue weighted by Gasteiger charge is 2.03. The summed E-state index contributed by atoms with van der Waals surface area (Å²) in [5.41, 5.74) is 0. The fourth-order valence-corrected chi connectivity index (χ4v) is 1.69. The molecule has 0 aliphatic rings. The lowest BCUT2D eigenvalue weighted by atomic mass is 10.2. The fourth-order valence-electron chi connectivity index (χ4n) is 1.69. The van der Waals surface area contributed by atoms with Crippen LogP contribution in [-0.2, 0) is 0 Å². The van der Waals surface area contributed by atoms with Gasteiger partial charge in [0.05, 0.1) is 0 Å². The summed E-state index contributed by atoms with van der Waals surface area (Å²) in [6.45, 7) is 7.58. The molecule has 0 bridgehead atoms. The van der Waals surface area contributed by atoms with Crippen LogP contribution in [0, 0.1) is 0 Å². The third-order valence-electron chi connectivity index (χ3n) is 2.71. The van der Waals surface area contributed by atoms with Crippen molar-refractivity contribution in [1.82, 2.24) is 4.90 Å². The largest absolute Gasteiger partial charge is 0.368 e. The van der Waals surface area contributed by atoms with Gasteiger partial charge in [0.2, 0.25) is 0 Å². The lowest BCUT2D eigenvalue weighted by Gasteiger charge is -2.20. The van der Waals surface area contributed by atoms with E-state index in [4.69, 9.17) is 10.2 Å². The Balaban J connectivity index is 0. The van der Waals surface area contributed by atoms with Crippen LogP contribution in [0.5, 0.6) is 0 Å². The second kappa shape index (κ2) is 13.4. The number of nitrogens with zero attached hydrogens (tertiary/aromatic N) is 1. The summed E-state index contributed by atoms with van der Waals surface area (Å²) in [7, 11) is 0. The first kappa shape index (κ1) is 18.7. The van der Waals surface area contributed by atoms with Gasteiger partial charge in [-0.3, -0.25) is 0 Å². The van der Waals surface area contributed by atoms with Crippen molar-refractivity contribution in [3.8, 4) is 0 Å². The van der Waals surface area contributed by atoms with Gasteiger partial charge in [-0.2, -0.15) is 0 Å². The van der Waals surface area contributed by atoms with Gasteiger partial charge in [0.25, 0.3) is 0 Å². The molecule has 0 fully saturated rings. The SMILES string of the molecule is Br.CCCCCCN(CC)CCCC(O)O. The Morgan fingerprint density at radius 1 is 0.938 bits per heavy atom. The maximum atomic E-state index is 8.72. The Morgan fingerprint density at radius 3 is 2.06 bits per heavy atom. The van der Waals surface area contributed by atoms with Crippen LogP contribution in [-0.4, -0.2) is 41.0 Å². The predicted molar refractivity (Wildman–Crippen MR) is 74.0 cm³/mol. The van der Waals surface area contributed by atoms with Crippen LogP contribution in [0.2, 0.25) is 0 Å². The zero-order chi connectivity index (χ0) is 11.5. The summed E-state index contributed by atoms with van der Waals surface area (Å²) in [6, 6.07) is 0. The molecule has 0 saturated heterocycles. The molecule has 0 aromatic carbocycles. The van der Waals surface area contributed by atoms with Crippen molar-refractivity contribution in [2.24, 2.45) is 0 Å². The molecule has 0 heterocycles. The maximum absolute atomic E-state index is 8.72. The second-order valence-corrected chi connectivity index (χ2v) is 4.12. The molecule has 2 N–H and O–H groups in total. The van der Waals surface area contributed by atoms with E-state index in [0.717, 1.165) is 26.1 Å². The molecular weight excluding hydrogens is 270 g/mol. The summed E-state index contributed by atoms with van der Waals surface area (Å²) in [5.74, 6) is 0. The molecule has 100 valence electrons. The fraction of sp³-hybridized carbons (Fsp3) is 1.00. The number of hydrogen-bond donors (Lipinski definition) is 2. The van der Waals surface area contributed by atoms with E-state index < -0.39 is 6.29 Å². The quantitative estimate of drug-likeness (QED) is 0.481. The topological polar surface area (TPSA) is 43.7 Å². The number of aliphatic hydroxyl groups excluding tert-OH is 1. The van der Waals surface area contributed by atoms with Gasteiger partial charge in [-0.05, 0) is 38.9 Å². The van der Waals surface area contributed by atoms with Gasteiger partial charge in [0.1, 0.15) is 0 Å². The molecule has 0 atom stereocenters. The molecular formula is C12H28BrNO2. The molecule has 0 spiro atoms. The van der Waals surface area contributed by atoms with Crippen molar-refractivity contribution >= 4 is 17.0 Å². The Morgan fingerprint density at radius 2 is 1.56 bits per heavy atom. The average Bonchev–Trinajstić information content (AvgIpc) is 2.21. The van der Waals surface area contributed by atoms with Gasteiger partial charge in [-0.25, -0.2) is 0 Å². The van der Waals surface area contributed by atoms with E-state index in [9.17, 15) is 0 Å². The summed E-state index contributed by atoms with van der Waals surface area (Å²) in [4.78, 5) is 2.39. The highest BCUT2D eigenvalue weighted by molar-refractivity contribution is 8.93. The zero-order valence-electron chi connectivity index (χ0n) is 10.7. The van der Waals surface area contributed by atoms with Crippen molar-refractivity contribution in [2.45, 2.75) is 58.7 Å². The van der Waals surface area contributed by atoms with Crippen molar-refractivity contribution < 1.29 is 10.2 Å². The summed E-state index contributed by atoms with van der Waals surface area (Å²) in [6.07, 6.45) is 5.42. The third-order valence-corrected chi connectivity index (χ3v) is 2.71. The van der Waals surface area contributed by atoms with Crippen molar-refractivity contribution in [1.29, 1.82) is 0 Å². The Hall–Kier alpha value is 0.360. The standard InChI is InChI=1S/C12H27NO2.BrH/c1-3-5-6-7-10-13(4-2)11-8-9-12(14)15;/h12,14-15H,3-11H2,1-2H3;1H. The number of rotatable bonds is 10. The van der Waals surface area contributed by atoms with Crippen molar-refractivity contribution in [3.05, 3.63) is 0 Å². The van der Waals surface area contributed by atoms with E-state index >= 15 is 0 Å². The summed E-state index contributed by atoms with van der Waals surface area (Å²) in [5, 5.41) is 17.4. The highest BCUT2D eigenvalue weighted by Crippen LogP contribution is 2.03. The van der Waals surface area contributed by atoms with E-state index in [1.54, 1.807) is 0 Å². The van der Waals surface area contributed by atoms with Crippen molar-refractivity contribution in [2.75, 3.05) is 19.6 Å². The Kier molecular flexibility index (Phi) is 15.7. The van der Waals surface area contributed by atoms with E-state index in [1.807, 2.05) is 0 Å². The van der Waals surface area contributed by atoms with Gasteiger partial charge in [0, 0.05) is 0 Å². The maximum Gasteiger partial charge on any atom is 0.151 e. The molecule has 0 unspecified atom stereocenters. The molecule has 4 heteroatoms. The molecule has 0 aliphatic carbocycles. The smallest absolute Gasteiger partial charge is 0.151 e. The van der Waals surface area contributed by atoms with E-state index in [-0.39, 0.29) is 17.0 Å². The van der Waals surface area contributed by atoms with Crippen LogP contribution in [0.15, 0.2) is 0 Å². The highest BCUT2D eigenvalue weighted by atomic mass is 79.9. The lowest BCUT2D eigenvalue weighted by molar-refractivity contribution is -0.0474. The molecule has 0 aromatic heterocycles. The van der Waals surface area contributed by atoms with Gasteiger partial charge < -0.3 is 15.1 Å². The first-order valence-electron chi connectivity index (χ1n) is 6.29. The normalized spacial score (nSPS) is 10.9. The Bertz CT molecular complexity index is 134. The molecule has 0 saturated carbocycles. The molecule has 0 aromatic rings. The molecule has 0 rings (SSSR count). The van der Waals surface area contributed by atoms with Crippen LogP contribution in [0.4, 0.5) is 0 Å². The van der Waals surface area contributed by atoms with Crippen LogP contribution in [0.1, 0.15) is 52.4 Å².